The van der Waals surface area contributed by atoms with Crippen LogP contribution < -0.4 is 0 Å². The molecule has 0 saturated heterocycles. The topological polar surface area (TPSA) is 82.7 Å². The summed E-state index contributed by atoms with van der Waals surface area (Å²) in [6.07, 6.45) is 6.26. The van der Waals surface area contributed by atoms with E-state index in [9.17, 15) is 19.3 Å². The zero-order valence-corrected chi connectivity index (χ0v) is 16.6. The summed E-state index contributed by atoms with van der Waals surface area (Å²) < 4.78 is 29.4. The average molecular weight is 420 g/mol. The van der Waals surface area contributed by atoms with Crippen molar-refractivity contribution in [2.45, 2.75) is 29.2 Å². The summed E-state index contributed by atoms with van der Waals surface area (Å²) in [6.45, 7) is 0.321. The molecule has 1 aromatic carbocycles. The first-order valence-corrected chi connectivity index (χ1v) is 9.69. The molecule has 4 aromatic rings. The van der Waals surface area contributed by atoms with Crippen molar-refractivity contribution in [2.75, 3.05) is 0 Å². The number of nitriles is 2. The maximum Gasteiger partial charge on any atom is 0.264 e. The molecule has 0 aliphatic carbocycles. The molecule has 30 heavy (non-hydrogen) atoms. The first-order valence-electron chi connectivity index (χ1n) is 8.87. The lowest BCUT2D eigenvalue weighted by Crippen LogP contribution is -2.19. The zero-order valence-electron chi connectivity index (χ0n) is 15.8. The summed E-state index contributed by atoms with van der Waals surface area (Å²) >= 11 is 1.35. The normalized spacial score (nSPS) is 11.4. The summed E-state index contributed by atoms with van der Waals surface area (Å²) in [5.74, 6) is -2.88. The van der Waals surface area contributed by atoms with E-state index in [1.54, 1.807) is 29.0 Å². The van der Waals surface area contributed by atoms with Crippen molar-refractivity contribution in [3.05, 3.63) is 66.2 Å². The number of fused-ring (bicyclic) bond motifs is 1. The van der Waals surface area contributed by atoms with Crippen LogP contribution in [-0.4, -0.2) is 25.3 Å². The standard InChI is InChI=1S/C21H14F2N6S/c1-21(22,23)13-28-11-17(10-26-28)15-6-19(20-16(8-25)9-27-29(20)12-15)30-18-5-3-2-4-14(18)7-24/h2-6,9-12H,13H2,1H3. The summed E-state index contributed by atoms with van der Waals surface area (Å²) in [5, 5.41) is 27.1. The molecule has 0 fully saturated rings. The van der Waals surface area contributed by atoms with E-state index in [2.05, 4.69) is 22.3 Å². The van der Waals surface area contributed by atoms with E-state index in [-0.39, 0.29) is 0 Å². The minimum absolute atomic E-state index is 0.403. The van der Waals surface area contributed by atoms with Crippen LogP contribution in [0.1, 0.15) is 18.1 Å². The lowest BCUT2D eigenvalue weighted by molar-refractivity contribution is 0.000604. The van der Waals surface area contributed by atoms with Crippen molar-refractivity contribution in [1.29, 1.82) is 10.5 Å². The van der Waals surface area contributed by atoms with Gasteiger partial charge in [-0.15, -0.1) is 0 Å². The Morgan fingerprint density at radius 1 is 1.00 bits per heavy atom. The molecular weight excluding hydrogens is 406 g/mol. The SMILES string of the molecule is CC(F)(F)Cn1cc(-c2cc(Sc3ccccc3C#N)c3c(C#N)cnn3c2)cn1. The molecule has 0 spiro atoms. The van der Waals surface area contributed by atoms with Crippen LogP contribution in [0.15, 0.2) is 64.9 Å². The fraction of sp³-hybridized carbons (Fsp3) is 0.143. The summed E-state index contributed by atoms with van der Waals surface area (Å²) in [7, 11) is 0. The van der Waals surface area contributed by atoms with Gasteiger partial charge in [0.1, 0.15) is 18.7 Å². The highest BCUT2D eigenvalue weighted by Gasteiger charge is 2.22. The molecule has 9 heteroatoms. The van der Waals surface area contributed by atoms with Gasteiger partial charge in [0, 0.05) is 40.2 Å². The van der Waals surface area contributed by atoms with Gasteiger partial charge in [-0.2, -0.15) is 20.7 Å². The smallest absolute Gasteiger partial charge is 0.264 e. The van der Waals surface area contributed by atoms with Crippen LogP contribution >= 0.6 is 11.8 Å². The van der Waals surface area contributed by atoms with Gasteiger partial charge in [-0.3, -0.25) is 4.68 Å². The highest BCUT2D eigenvalue weighted by Crippen LogP contribution is 2.37. The molecule has 0 aliphatic heterocycles. The second kappa shape index (κ2) is 7.62. The highest BCUT2D eigenvalue weighted by atomic mass is 32.2. The van der Waals surface area contributed by atoms with E-state index < -0.39 is 12.5 Å². The van der Waals surface area contributed by atoms with Crippen molar-refractivity contribution in [3.8, 4) is 23.3 Å². The van der Waals surface area contributed by atoms with Crippen LogP contribution in [0.3, 0.4) is 0 Å². The van der Waals surface area contributed by atoms with Gasteiger partial charge in [0.25, 0.3) is 5.92 Å². The Labute approximate surface area is 175 Å². The van der Waals surface area contributed by atoms with Gasteiger partial charge in [-0.1, -0.05) is 23.9 Å². The third kappa shape index (κ3) is 3.88. The molecular formula is C21H14F2N6S. The maximum atomic E-state index is 13.3. The molecule has 0 amide bonds. The Bertz CT molecular complexity index is 1320. The second-order valence-electron chi connectivity index (χ2n) is 6.76. The van der Waals surface area contributed by atoms with Gasteiger partial charge < -0.3 is 0 Å². The number of hydrogen-bond acceptors (Lipinski definition) is 5. The van der Waals surface area contributed by atoms with E-state index in [1.807, 2.05) is 18.2 Å². The molecule has 0 unspecified atom stereocenters. The molecule has 0 radical (unpaired) electrons. The Kier molecular flexibility index (Phi) is 4.98. The lowest BCUT2D eigenvalue weighted by atomic mass is 10.1. The zero-order chi connectivity index (χ0) is 21.3. The van der Waals surface area contributed by atoms with Crippen LogP contribution in [0.25, 0.3) is 16.6 Å². The van der Waals surface area contributed by atoms with Gasteiger partial charge in [-0.25, -0.2) is 13.3 Å². The predicted molar refractivity (Wildman–Crippen MR) is 107 cm³/mol. The van der Waals surface area contributed by atoms with Crippen LogP contribution in [-0.2, 0) is 6.54 Å². The summed E-state index contributed by atoms with van der Waals surface area (Å²) in [4.78, 5) is 1.46. The van der Waals surface area contributed by atoms with E-state index in [0.29, 0.717) is 27.8 Å². The van der Waals surface area contributed by atoms with Gasteiger partial charge in [0.2, 0.25) is 0 Å². The van der Waals surface area contributed by atoms with Crippen LogP contribution in [0, 0.1) is 22.7 Å². The number of halogens is 2. The van der Waals surface area contributed by atoms with E-state index in [1.165, 1.54) is 28.8 Å². The van der Waals surface area contributed by atoms with Crippen LogP contribution in [0.2, 0.25) is 0 Å². The summed E-state index contributed by atoms with van der Waals surface area (Å²) in [5.41, 5.74) is 2.89. The monoisotopic (exact) mass is 420 g/mol. The Balaban J connectivity index is 1.82. The summed E-state index contributed by atoms with van der Waals surface area (Å²) in [6, 6.07) is 13.3. The molecule has 0 saturated carbocycles. The van der Waals surface area contributed by atoms with Gasteiger partial charge in [0.15, 0.2) is 0 Å². The molecule has 3 heterocycles. The van der Waals surface area contributed by atoms with Crippen molar-refractivity contribution in [1.82, 2.24) is 19.4 Å². The molecule has 3 aromatic heterocycles. The Morgan fingerprint density at radius 3 is 2.50 bits per heavy atom. The molecule has 0 aliphatic rings. The molecule has 148 valence electrons. The molecule has 0 N–H and O–H groups in total. The number of nitrogens with zero attached hydrogens (tertiary/aromatic N) is 6. The van der Waals surface area contributed by atoms with Gasteiger partial charge in [-0.05, 0) is 18.2 Å². The van der Waals surface area contributed by atoms with E-state index >= 15 is 0 Å². The Hall–Kier alpha value is -3.69. The number of hydrogen-bond donors (Lipinski definition) is 0. The van der Waals surface area contributed by atoms with Crippen LogP contribution in [0.4, 0.5) is 8.78 Å². The number of aromatic nitrogens is 4. The number of rotatable bonds is 5. The third-order valence-corrected chi connectivity index (χ3v) is 5.44. The second-order valence-corrected chi connectivity index (χ2v) is 7.85. The quantitative estimate of drug-likeness (QED) is 0.465. The molecule has 0 bridgehead atoms. The van der Waals surface area contributed by atoms with Crippen LogP contribution in [0.5, 0.6) is 0 Å². The molecule has 6 nitrogen and oxygen atoms in total. The first kappa shape index (κ1) is 19.6. The number of alkyl halides is 2. The largest absolute Gasteiger partial charge is 0.266 e. The van der Waals surface area contributed by atoms with Crippen molar-refractivity contribution in [3.63, 3.8) is 0 Å². The Morgan fingerprint density at radius 2 is 1.77 bits per heavy atom. The third-order valence-electron chi connectivity index (χ3n) is 4.33. The van der Waals surface area contributed by atoms with E-state index in [0.717, 1.165) is 16.7 Å². The molecule has 0 atom stereocenters. The first-order chi connectivity index (χ1) is 14.4. The molecule has 4 rings (SSSR count). The average Bonchev–Trinajstić information content (AvgIpc) is 3.33. The van der Waals surface area contributed by atoms with Gasteiger partial charge >= 0.3 is 0 Å². The number of benzene rings is 1. The van der Waals surface area contributed by atoms with E-state index in [4.69, 9.17) is 0 Å². The fourth-order valence-corrected chi connectivity index (χ4v) is 4.15. The van der Waals surface area contributed by atoms with Gasteiger partial charge in [0.05, 0.1) is 29.0 Å². The fourth-order valence-electron chi connectivity index (χ4n) is 3.05. The van der Waals surface area contributed by atoms with Crippen molar-refractivity contribution >= 4 is 17.3 Å². The minimum Gasteiger partial charge on any atom is -0.266 e. The predicted octanol–water partition coefficient (Wildman–Crippen LogP) is 4.75. The number of pyridine rings is 1. The van der Waals surface area contributed by atoms with Crippen molar-refractivity contribution in [2.24, 2.45) is 0 Å². The highest BCUT2D eigenvalue weighted by molar-refractivity contribution is 7.99. The van der Waals surface area contributed by atoms with Crippen molar-refractivity contribution < 1.29 is 8.78 Å². The minimum atomic E-state index is -2.88. The lowest BCUT2D eigenvalue weighted by Gasteiger charge is -2.10. The maximum absolute atomic E-state index is 13.3.